The quantitative estimate of drug-likeness (QED) is 0.568. The first kappa shape index (κ1) is 7.99. The summed E-state index contributed by atoms with van der Waals surface area (Å²) >= 11 is 0. The molecule has 1 aromatic rings. The first-order valence-corrected chi connectivity index (χ1v) is 3.68. The second kappa shape index (κ2) is 3.91. The zero-order valence-electron chi connectivity index (χ0n) is 6.55. The van der Waals surface area contributed by atoms with Crippen molar-refractivity contribution in [1.82, 2.24) is 0 Å². The van der Waals surface area contributed by atoms with Crippen molar-refractivity contribution < 1.29 is 4.39 Å². The Balaban J connectivity index is 2.66. The van der Waals surface area contributed by atoms with Crippen LogP contribution in [0, 0.1) is 5.82 Å². The number of rotatable bonds is 2. The van der Waals surface area contributed by atoms with Crippen LogP contribution in [-0.2, 0) is 6.42 Å². The number of hydrogen-bond donors (Lipinski definition) is 0. The Morgan fingerprint density at radius 2 is 1.91 bits per heavy atom. The molecule has 58 valence electrons. The van der Waals surface area contributed by atoms with Crippen LogP contribution in [0.4, 0.5) is 4.39 Å². The van der Waals surface area contributed by atoms with Crippen molar-refractivity contribution in [3.05, 3.63) is 47.8 Å². The molecule has 0 amide bonds. The maximum atomic E-state index is 12.4. The van der Waals surface area contributed by atoms with Gasteiger partial charge in [-0.25, -0.2) is 4.39 Å². The van der Waals surface area contributed by atoms with Gasteiger partial charge in [0.1, 0.15) is 5.82 Å². The lowest BCUT2D eigenvalue weighted by Gasteiger charge is -1.94. The highest BCUT2D eigenvalue weighted by Crippen LogP contribution is 2.03. The molecule has 1 heteroatoms. The van der Waals surface area contributed by atoms with E-state index >= 15 is 0 Å². The van der Waals surface area contributed by atoms with Gasteiger partial charge in [-0.2, -0.15) is 0 Å². The number of hydrogen-bond acceptors (Lipinski definition) is 0. The summed E-state index contributed by atoms with van der Waals surface area (Å²) in [5.41, 5.74) is 1.14. The van der Waals surface area contributed by atoms with Gasteiger partial charge < -0.3 is 0 Å². The van der Waals surface area contributed by atoms with Crippen LogP contribution in [0.2, 0.25) is 0 Å². The predicted octanol–water partition coefficient (Wildman–Crippen LogP) is 2.94. The zero-order chi connectivity index (χ0) is 8.10. The number of halogens is 1. The fraction of sp³-hybridized carbons (Fsp3) is 0.200. The molecular formula is C10H11F. The van der Waals surface area contributed by atoms with E-state index < -0.39 is 0 Å². The molecule has 0 aliphatic heterocycles. The van der Waals surface area contributed by atoms with Crippen molar-refractivity contribution in [2.75, 3.05) is 0 Å². The maximum Gasteiger partial charge on any atom is 0.123 e. The SMILES string of the molecule is C/C=C/Cc1ccc(F)cc1. The van der Waals surface area contributed by atoms with Crippen LogP contribution in [0.15, 0.2) is 36.4 Å². The standard InChI is InChI=1S/C10H11F/c1-2-3-4-9-5-7-10(11)8-6-9/h2-3,5-8H,4H2,1H3/b3-2+. The van der Waals surface area contributed by atoms with Gasteiger partial charge in [-0.1, -0.05) is 24.3 Å². The monoisotopic (exact) mass is 150 g/mol. The molecule has 0 heterocycles. The van der Waals surface area contributed by atoms with Crippen molar-refractivity contribution >= 4 is 0 Å². The molecule has 1 aromatic carbocycles. The summed E-state index contributed by atoms with van der Waals surface area (Å²) in [5, 5.41) is 0. The molecule has 0 unspecified atom stereocenters. The molecule has 0 atom stereocenters. The highest BCUT2D eigenvalue weighted by molar-refractivity contribution is 5.18. The van der Waals surface area contributed by atoms with E-state index in [0.717, 1.165) is 12.0 Å². The van der Waals surface area contributed by atoms with Gasteiger partial charge in [-0.3, -0.25) is 0 Å². The second-order valence-corrected chi connectivity index (χ2v) is 2.40. The van der Waals surface area contributed by atoms with Crippen LogP contribution >= 0.6 is 0 Å². The van der Waals surface area contributed by atoms with Gasteiger partial charge in [0, 0.05) is 0 Å². The highest BCUT2D eigenvalue weighted by atomic mass is 19.1. The van der Waals surface area contributed by atoms with Crippen molar-refractivity contribution in [3.63, 3.8) is 0 Å². The smallest absolute Gasteiger partial charge is 0.123 e. The van der Waals surface area contributed by atoms with Crippen LogP contribution in [0.3, 0.4) is 0 Å². The Bertz CT molecular complexity index is 234. The van der Waals surface area contributed by atoms with Crippen LogP contribution in [0.1, 0.15) is 12.5 Å². The van der Waals surface area contributed by atoms with E-state index in [1.54, 1.807) is 12.1 Å². The Morgan fingerprint density at radius 1 is 1.27 bits per heavy atom. The van der Waals surface area contributed by atoms with E-state index in [4.69, 9.17) is 0 Å². The van der Waals surface area contributed by atoms with E-state index in [0.29, 0.717) is 0 Å². The minimum atomic E-state index is -0.172. The molecule has 0 saturated carbocycles. The van der Waals surface area contributed by atoms with Crippen molar-refractivity contribution in [1.29, 1.82) is 0 Å². The Hall–Kier alpha value is -1.11. The molecule has 0 N–H and O–H groups in total. The summed E-state index contributed by atoms with van der Waals surface area (Å²) < 4.78 is 12.4. The third-order valence-electron chi connectivity index (χ3n) is 1.50. The summed E-state index contributed by atoms with van der Waals surface area (Å²) in [4.78, 5) is 0. The Morgan fingerprint density at radius 3 is 2.45 bits per heavy atom. The van der Waals surface area contributed by atoms with E-state index in [1.165, 1.54) is 12.1 Å². The summed E-state index contributed by atoms with van der Waals surface area (Å²) in [6, 6.07) is 6.57. The maximum absolute atomic E-state index is 12.4. The Kier molecular flexibility index (Phi) is 2.84. The normalized spacial score (nSPS) is 10.7. The molecule has 0 saturated heterocycles. The van der Waals surface area contributed by atoms with Crippen molar-refractivity contribution in [2.24, 2.45) is 0 Å². The lowest BCUT2D eigenvalue weighted by atomic mass is 10.1. The molecule has 0 radical (unpaired) electrons. The summed E-state index contributed by atoms with van der Waals surface area (Å²) in [6.45, 7) is 1.98. The molecule has 1 rings (SSSR count). The summed E-state index contributed by atoms with van der Waals surface area (Å²) in [6.07, 6.45) is 4.92. The second-order valence-electron chi connectivity index (χ2n) is 2.40. The van der Waals surface area contributed by atoms with Gasteiger partial charge in [-0.05, 0) is 31.0 Å². The average Bonchev–Trinajstić information content (AvgIpc) is 2.04. The third-order valence-corrected chi connectivity index (χ3v) is 1.50. The van der Waals surface area contributed by atoms with E-state index in [-0.39, 0.29) is 5.82 Å². The first-order chi connectivity index (χ1) is 5.33. The van der Waals surface area contributed by atoms with Gasteiger partial charge in [0.2, 0.25) is 0 Å². The average molecular weight is 150 g/mol. The van der Waals surface area contributed by atoms with Crippen LogP contribution in [0.5, 0.6) is 0 Å². The zero-order valence-corrected chi connectivity index (χ0v) is 6.55. The van der Waals surface area contributed by atoms with E-state index in [1.807, 2.05) is 19.1 Å². The largest absolute Gasteiger partial charge is 0.207 e. The highest BCUT2D eigenvalue weighted by Gasteiger charge is 1.89. The van der Waals surface area contributed by atoms with Crippen LogP contribution < -0.4 is 0 Å². The predicted molar refractivity (Wildman–Crippen MR) is 44.9 cm³/mol. The van der Waals surface area contributed by atoms with Crippen LogP contribution in [-0.4, -0.2) is 0 Å². The fourth-order valence-corrected chi connectivity index (χ4v) is 0.874. The molecule has 0 bridgehead atoms. The molecule has 0 aromatic heterocycles. The Labute approximate surface area is 66.4 Å². The van der Waals surface area contributed by atoms with Gasteiger partial charge in [0.15, 0.2) is 0 Å². The molecule has 11 heavy (non-hydrogen) atoms. The van der Waals surface area contributed by atoms with Gasteiger partial charge in [0.25, 0.3) is 0 Å². The van der Waals surface area contributed by atoms with Crippen LogP contribution in [0.25, 0.3) is 0 Å². The van der Waals surface area contributed by atoms with Gasteiger partial charge in [-0.15, -0.1) is 0 Å². The van der Waals surface area contributed by atoms with Gasteiger partial charge >= 0.3 is 0 Å². The topological polar surface area (TPSA) is 0 Å². The molecule has 0 fully saturated rings. The number of allylic oxidation sites excluding steroid dienone is 2. The van der Waals surface area contributed by atoms with E-state index in [2.05, 4.69) is 0 Å². The number of benzene rings is 1. The van der Waals surface area contributed by atoms with Crippen molar-refractivity contribution in [2.45, 2.75) is 13.3 Å². The molecule has 0 spiro atoms. The minimum Gasteiger partial charge on any atom is -0.207 e. The van der Waals surface area contributed by atoms with E-state index in [9.17, 15) is 4.39 Å². The lowest BCUT2D eigenvalue weighted by molar-refractivity contribution is 0.627. The third kappa shape index (κ3) is 2.54. The van der Waals surface area contributed by atoms with Crippen molar-refractivity contribution in [3.8, 4) is 0 Å². The molecule has 0 aliphatic rings. The summed E-state index contributed by atoms with van der Waals surface area (Å²) in [5.74, 6) is -0.172. The summed E-state index contributed by atoms with van der Waals surface area (Å²) in [7, 11) is 0. The lowest BCUT2D eigenvalue weighted by Crippen LogP contribution is -1.80. The molecule has 0 nitrogen and oxygen atoms in total. The van der Waals surface area contributed by atoms with Gasteiger partial charge in [0.05, 0.1) is 0 Å². The molecule has 0 aliphatic carbocycles. The fourth-order valence-electron chi connectivity index (χ4n) is 0.874. The minimum absolute atomic E-state index is 0.172. The molecular weight excluding hydrogens is 139 g/mol. The first-order valence-electron chi connectivity index (χ1n) is 3.68.